The van der Waals surface area contributed by atoms with Gasteiger partial charge in [0.05, 0.1) is 5.41 Å². The quantitative estimate of drug-likeness (QED) is 0.888. The van der Waals surface area contributed by atoms with Gasteiger partial charge < -0.3 is 15.4 Å². The molecule has 0 saturated carbocycles. The van der Waals surface area contributed by atoms with Gasteiger partial charge in [-0.1, -0.05) is 0 Å². The van der Waals surface area contributed by atoms with Crippen molar-refractivity contribution in [3.8, 4) is 5.75 Å². The Labute approximate surface area is 132 Å². The van der Waals surface area contributed by atoms with Crippen LogP contribution in [0.4, 0.5) is 18.9 Å². The van der Waals surface area contributed by atoms with Crippen LogP contribution in [0.25, 0.3) is 0 Å². The zero-order chi connectivity index (χ0) is 15.5. The highest BCUT2D eigenvalue weighted by Crippen LogP contribution is 2.28. The molecular formula is C14H18ClF3N2O2. The molecule has 1 aromatic carbocycles. The lowest BCUT2D eigenvalue weighted by Gasteiger charge is -2.32. The minimum absolute atomic E-state index is 0. The Morgan fingerprint density at radius 3 is 2.45 bits per heavy atom. The molecule has 124 valence electrons. The fraction of sp³-hybridized carbons (Fsp3) is 0.500. The van der Waals surface area contributed by atoms with Crippen molar-refractivity contribution >= 4 is 24.0 Å². The van der Waals surface area contributed by atoms with Gasteiger partial charge in [-0.05, 0) is 50.6 Å². The van der Waals surface area contributed by atoms with Crippen LogP contribution in [0.5, 0.6) is 5.75 Å². The molecule has 8 heteroatoms. The summed E-state index contributed by atoms with van der Waals surface area (Å²) in [4.78, 5) is 12.2. The number of rotatable bonds is 3. The third kappa shape index (κ3) is 5.06. The van der Waals surface area contributed by atoms with E-state index in [1.165, 1.54) is 24.3 Å². The maximum absolute atomic E-state index is 12.2. The second kappa shape index (κ2) is 7.19. The summed E-state index contributed by atoms with van der Waals surface area (Å²) in [5.74, 6) is -0.453. The average Bonchev–Trinajstić information content (AvgIpc) is 2.40. The summed E-state index contributed by atoms with van der Waals surface area (Å²) in [6.45, 7) is 3.36. The second-order valence-corrected chi connectivity index (χ2v) is 5.37. The summed E-state index contributed by atoms with van der Waals surface area (Å²) in [5.41, 5.74) is -0.0549. The molecule has 1 amide bonds. The van der Waals surface area contributed by atoms with Gasteiger partial charge in [0.2, 0.25) is 5.91 Å². The van der Waals surface area contributed by atoms with E-state index in [0.717, 1.165) is 19.4 Å². The lowest BCUT2D eigenvalue weighted by Crippen LogP contribution is -2.46. The third-order valence-corrected chi connectivity index (χ3v) is 3.49. The molecule has 4 nitrogen and oxygen atoms in total. The fourth-order valence-corrected chi connectivity index (χ4v) is 2.27. The molecule has 1 atom stereocenters. The van der Waals surface area contributed by atoms with Gasteiger partial charge in [-0.15, -0.1) is 25.6 Å². The molecular weight excluding hydrogens is 321 g/mol. The van der Waals surface area contributed by atoms with E-state index in [-0.39, 0.29) is 24.1 Å². The van der Waals surface area contributed by atoms with E-state index in [1.54, 1.807) is 0 Å². The van der Waals surface area contributed by atoms with E-state index in [9.17, 15) is 18.0 Å². The molecule has 0 spiro atoms. The number of anilines is 1. The molecule has 0 aromatic heterocycles. The Morgan fingerprint density at radius 1 is 1.32 bits per heavy atom. The highest BCUT2D eigenvalue weighted by atomic mass is 35.5. The minimum Gasteiger partial charge on any atom is -0.406 e. The average molecular weight is 339 g/mol. The lowest BCUT2D eigenvalue weighted by atomic mass is 9.82. The highest BCUT2D eigenvalue weighted by molar-refractivity contribution is 5.95. The van der Waals surface area contributed by atoms with Crippen molar-refractivity contribution in [1.29, 1.82) is 0 Å². The number of carbonyl (C=O) groups excluding carboxylic acids is 1. The van der Waals surface area contributed by atoms with E-state index in [2.05, 4.69) is 15.4 Å². The van der Waals surface area contributed by atoms with E-state index in [4.69, 9.17) is 0 Å². The Bertz CT molecular complexity index is 500. The van der Waals surface area contributed by atoms with Gasteiger partial charge >= 0.3 is 6.36 Å². The Hall–Kier alpha value is -1.47. The molecule has 0 radical (unpaired) electrons. The van der Waals surface area contributed by atoms with Crippen LogP contribution < -0.4 is 15.4 Å². The maximum atomic E-state index is 12.2. The summed E-state index contributed by atoms with van der Waals surface area (Å²) in [5, 5.41) is 5.90. The molecule has 0 bridgehead atoms. The van der Waals surface area contributed by atoms with E-state index in [1.807, 2.05) is 6.92 Å². The summed E-state index contributed by atoms with van der Waals surface area (Å²) < 4.78 is 39.9. The van der Waals surface area contributed by atoms with Gasteiger partial charge in [-0.3, -0.25) is 4.79 Å². The number of nitrogens with one attached hydrogen (secondary N) is 2. The number of amides is 1. The van der Waals surface area contributed by atoms with Gasteiger partial charge in [-0.2, -0.15) is 0 Å². The first-order chi connectivity index (χ1) is 9.78. The zero-order valence-electron chi connectivity index (χ0n) is 12.0. The van der Waals surface area contributed by atoms with Crippen molar-refractivity contribution < 1.29 is 22.7 Å². The predicted octanol–water partition coefficient (Wildman–Crippen LogP) is 3.34. The number of carbonyl (C=O) groups is 1. The van der Waals surface area contributed by atoms with Gasteiger partial charge in [-0.25, -0.2) is 0 Å². The standard InChI is InChI=1S/C14H17F3N2O2.ClH/c1-13(7-2-8-18-9-13)12(20)19-10-3-5-11(6-4-10)21-14(15,16)17;/h3-6,18H,2,7-9H2,1H3,(H,19,20);1H. The van der Waals surface area contributed by atoms with Crippen LogP contribution in [0.2, 0.25) is 0 Å². The van der Waals surface area contributed by atoms with Gasteiger partial charge in [0.1, 0.15) is 5.75 Å². The first-order valence-corrected chi connectivity index (χ1v) is 6.66. The molecule has 22 heavy (non-hydrogen) atoms. The van der Waals surface area contributed by atoms with Crippen molar-refractivity contribution in [2.24, 2.45) is 5.41 Å². The first kappa shape index (κ1) is 18.6. The van der Waals surface area contributed by atoms with Gasteiger partial charge in [0.25, 0.3) is 0 Å². The summed E-state index contributed by atoms with van der Waals surface area (Å²) in [6.07, 6.45) is -3.02. The molecule has 1 aromatic rings. The molecule has 1 saturated heterocycles. The van der Waals surface area contributed by atoms with Crippen molar-refractivity contribution in [2.45, 2.75) is 26.1 Å². The van der Waals surface area contributed by atoms with E-state index >= 15 is 0 Å². The van der Waals surface area contributed by atoms with E-state index in [0.29, 0.717) is 12.2 Å². The van der Waals surface area contributed by atoms with Gasteiger partial charge in [0, 0.05) is 12.2 Å². The first-order valence-electron chi connectivity index (χ1n) is 6.66. The van der Waals surface area contributed by atoms with Crippen LogP contribution in [0, 0.1) is 5.41 Å². The number of halogens is 4. The molecule has 2 N–H and O–H groups in total. The largest absolute Gasteiger partial charge is 0.573 e. The summed E-state index contributed by atoms with van der Waals surface area (Å²) in [6, 6.07) is 5.12. The molecule has 1 heterocycles. The van der Waals surface area contributed by atoms with Gasteiger partial charge in [0.15, 0.2) is 0 Å². The molecule has 1 fully saturated rings. The van der Waals surface area contributed by atoms with Crippen molar-refractivity contribution in [3.05, 3.63) is 24.3 Å². The summed E-state index contributed by atoms with van der Waals surface area (Å²) >= 11 is 0. The van der Waals surface area contributed by atoms with Crippen LogP contribution in [0.3, 0.4) is 0 Å². The number of alkyl halides is 3. The highest BCUT2D eigenvalue weighted by Gasteiger charge is 2.34. The monoisotopic (exact) mass is 338 g/mol. The summed E-state index contributed by atoms with van der Waals surface area (Å²) in [7, 11) is 0. The molecule has 1 aliphatic heterocycles. The fourth-order valence-electron chi connectivity index (χ4n) is 2.27. The number of benzene rings is 1. The third-order valence-electron chi connectivity index (χ3n) is 3.49. The Kier molecular flexibility index (Phi) is 6.08. The van der Waals surface area contributed by atoms with Crippen LogP contribution in [-0.2, 0) is 4.79 Å². The van der Waals surface area contributed by atoms with Crippen LogP contribution in [0.15, 0.2) is 24.3 Å². The smallest absolute Gasteiger partial charge is 0.406 e. The molecule has 1 unspecified atom stereocenters. The normalized spacial score (nSPS) is 21.6. The van der Waals surface area contributed by atoms with Crippen molar-refractivity contribution in [3.63, 3.8) is 0 Å². The molecule has 2 rings (SSSR count). The number of hydrogen-bond acceptors (Lipinski definition) is 3. The zero-order valence-corrected chi connectivity index (χ0v) is 12.8. The second-order valence-electron chi connectivity index (χ2n) is 5.37. The predicted molar refractivity (Wildman–Crippen MR) is 79.2 cm³/mol. The number of piperidine rings is 1. The topological polar surface area (TPSA) is 50.4 Å². The van der Waals surface area contributed by atoms with Crippen LogP contribution in [-0.4, -0.2) is 25.4 Å². The van der Waals surface area contributed by atoms with Crippen molar-refractivity contribution in [2.75, 3.05) is 18.4 Å². The van der Waals surface area contributed by atoms with E-state index < -0.39 is 11.8 Å². The Balaban J connectivity index is 0.00000242. The molecule has 0 aliphatic carbocycles. The van der Waals surface area contributed by atoms with Crippen LogP contribution in [0.1, 0.15) is 19.8 Å². The minimum atomic E-state index is -4.72. The molecule has 1 aliphatic rings. The van der Waals surface area contributed by atoms with Crippen molar-refractivity contribution in [1.82, 2.24) is 5.32 Å². The Morgan fingerprint density at radius 2 is 1.95 bits per heavy atom. The SMILES string of the molecule is CC1(C(=O)Nc2ccc(OC(F)(F)F)cc2)CCCNC1.Cl. The number of hydrogen-bond donors (Lipinski definition) is 2. The number of ether oxygens (including phenoxy) is 1. The lowest BCUT2D eigenvalue weighted by molar-refractivity contribution is -0.274. The maximum Gasteiger partial charge on any atom is 0.573 e. The van der Waals surface area contributed by atoms with Crippen LogP contribution >= 0.6 is 12.4 Å².